The smallest absolute Gasteiger partial charge is 0.237 e. The van der Waals surface area contributed by atoms with Gasteiger partial charge in [-0.2, -0.15) is 0 Å². The van der Waals surface area contributed by atoms with Gasteiger partial charge in [-0.15, -0.1) is 0 Å². The van der Waals surface area contributed by atoms with Gasteiger partial charge in [0.05, 0.1) is 0 Å². The molecule has 0 aliphatic rings. The van der Waals surface area contributed by atoms with Gasteiger partial charge in [-0.3, -0.25) is 0 Å². The van der Waals surface area contributed by atoms with E-state index < -0.39 is 8.32 Å². The maximum absolute atomic E-state index is 9.46. The van der Waals surface area contributed by atoms with Gasteiger partial charge in [-0.05, 0) is 53.0 Å². The third-order valence-electron chi connectivity index (χ3n) is 7.18. The second kappa shape index (κ2) is 24.8. The first-order valence-corrected chi connectivity index (χ1v) is 23.0. The molecule has 4 nitrogen and oxygen atoms in total. The van der Waals surface area contributed by atoms with Crippen molar-refractivity contribution in [1.29, 1.82) is 0 Å². The molecule has 6 aromatic carbocycles. The van der Waals surface area contributed by atoms with Gasteiger partial charge >= 0.3 is 0 Å². The molecule has 51 heavy (non-hydrogen) atoms. The average molecular weight is 775 g/mol. The second-order valence-electron chi connectivity index (χ2n) is 12.3. The largest absolute Gasteiger partial charge is 0.433 e. The Kier molecular flexibility index (Phi) is 21.4. The van der Waals surface area contributed by atoms with Gasteiger partial charge < -0.3 is 19.2 Å². The molecule has 0 aliphatic carbocycles. The molecular weight excluding hydrogens is 729 g/mol. The van der Waals surface area contributed by atoms with Crippen molar-refractivity contribution in [2.24, 2.45) is 0 Å². The number of rotatable bonds is 9. The molecule has 0 fully saturated rings. The van der Waals surface area contributed by atoms with Crippen molar-refractivity contribution in [3.8, 4) is 0 Å². The van der Waals surface area contributed by atoms with Crippen molar-refractivity contribution in [3.05, 3.63) is 215 Å². The van der Waals surface area contributed by atoms with Gasteiger partial charge in [0.15, 0.2) is 8.32 Å². The maximum atomic E-state index is 9.46. The summed E-state index contributed by atoms with van der Waals surface area (Å²) in [6.07, 6.45) is 0. The molecule has 0 saturated heterocycles. The van der Waals surface area contributed by atoms with Gasteiger partial charge in [-0.1, -0.05) is 182 Å². The van der Waals surface area contributed by atoms with E-state index >= 15 is 0 Å². The van der Waals surface area contributed by atoms with E-state index in [1.807, 2.05) is 129 Å². The summed E-state index contributed by atoms with van der Waals surface area (Å²) in [7, 11) is -1.90. The fourth-order valence-corrected chi connectivity index (χ4v) is 6.95. The number of hydrogen-bond donors (Lipinski definition) is 4. The van der Waals surface area contributed by atoms with E-state index in [-0.39, 0.29) is 67.6 Å². The Morgan fingerprint density at radius 1 is 0.333 bits per heavy atom. The number of benzene rings is 6. The Balaban J connectivity index is 0.000000246. The van der Waals surface area contributed by atoms with E-state index in [0.29, 0.717) is 0 Å². The SMILES string of the molecule is C[Si](C)(C)O.O[Si]C(c1ccccc1)c1ccccc1.O[Si]C(c1ccccc1)c1ccccc1.O[Si]C(c1ccccc1)c1ccccc1.[Ti]. The monoisotopic (exact) mass is 774 g/mol. The van der Waals surface area contributed by atoms with Crippen molar-refractivity contribution < 1.29 is 40.9 Å². The molecule has 0 unspecified atom stereocenters. The Morgan fingerprint density at radius 3 is 0.549 bits per heavy atom. The topological polar surface area (TPSA) is 80.9 Å². The first kappa shape index (κ1) is 43.9. The van der Waals surface area contributed by atoms with Crippen LogP contribution in [0, 0.1) is 0 Å². The minimum absolute atomic E-state index is 0. The third-order valence-corrected chi connectivity index (χ3v) is 9.96. The molecule has 0 heterocycles. The summed E-state index contributed by atoms with van der Waals surface area (Å²) in [4.78, 5) is 37.0. The summed E-state index contributed by atoms with van der Waals surface area (Å²) in [6.45, 7) is 5.65. The fraction of sp³-hybridized carbons (Fsp3) is 0.143. The first-order chi connectivity index (χ1) is 24.2. The van der Waals surface area contributed by atoms with E-state index in [1.54, 1.807) is 0 Å². The standard InChI is InChI=1S/3C13H12OSi.C3H10OSi.Ti/c3*14-15-13(11-7-3-1-4-8-11)12-9-5-2-6-10-12;1-5(2,3)4;/h3*1-10,13-14H;4H,1-3H3;. The molecule has 6 aromatic rings. The van der Waals surface area contributed by atoms with E-state index in [4.69, 9.17) is 4.80 Å². The Labute approximate surface area is 328 Å². The van der Waals surface area contributed by atoms with Crippen molar-refractivity contribution >= 4 is 37.6 Å². The molecule has 0 bridgehead atoms. The van der Waals surface area contributed by atoms with Gasteiger partial charge in [0.2, 0.25) is 29.3 Å². The predicted octanol–water partition coefficient (Wildman–Crippen LogP) is 7.97. The van der Waals surface area contributed by atoms with Crippen molar-refractivity contribution in [1.82, 2.24) is 0 Å². The molecular formula is C42H46O4Si4Ti. The molecule has 6 rings (SSSR count). The average Bonchev–Trinajstić information content (AvgIpc) is 3.15. The van der Waals surface area contributed by atoms with Crippen LogP contribution in [0.25, 0.3) is 0 Å². The zero-order valence-corrected chi connectivity index (χ0v) is 34.9. The number of hydrogen-bond acceptors (Lipinski definition) is 4. The Hall–Kier alpha value is -3.26. The third kappa shape index (κ3) is 16.7. The van der Waals surface area contributed by atoms with Crippen LogP contribution in [0.15, 0.2) is 182 Å². The van der Waals surface area contributed by atoms with Crippen LogP contribution in [0.1, 0.15) is 50.0 Å². The zero-order valence-electron chi connectivity index (χ0n) is 29.3. The van der Waals surface area contributed by atoms with Gasteiger partial charge in [0, 0.05) is 38.3 Å². The molecule has 0 spiro atoms. The molecule has 0 saturated carbocycles. The van der Waals surface area contributed by atoms with Crippen LogP contribution in [0.3, 0.4) is 0 Å². The minimum Gasteiger partial charge on any atom is -0.433 e. The second-order valence-corrected chi connectivity index (χ2v) is 19.2. The van der Waals surface area contributed by atoms with E-state index in [2.05, 4.69) is 72.8 Å². The summed E-state index contributed by atoms with van der Waals surface area (Å²) in [5.74, 6) is 0. The van der Waals surface area contributed by atoms with E-state index in [0.717, 1.165) is 0 Å². The van der Waals surface area contributed by atoms with Crippen LogP contribution in [0.5, 0.6) is 0 Å². The van der Waals surface area contributed by atoms with Crippen LogP contribution >= 0.6 is 0 Å². The molecule has 0 atom stereocenters. The molecule has 6 radical (unpaired) electrons. The van der Waals surface area contributed by atoms with Crippen LogP contribution in [0.2, 0.25) is 19.6 Å². The Bertz CT molecular complexity index is 1380. The van der Waals surface area contributed by atoms with Gasteiger partial charge in [-0.25, -0.2) is 0 Å². The van der Waals surface area contributed by atoms with Crippen molar-refractivity contribution in [2.45, 2.75) is 36.3 Å². The van der Waals surface area contributed by atoms with Gasteiger partial charge in [0.25, 0.3) is 0 Å². The summed E-state index contributed by atoms with van der Waals surface area (Å²) in [5.41, 5.74) is 7.38. The summed E-state index contributed by atoms with van der Waals surface area (Å²) in [6, 6.07) is 60.7. The first-order valence-electron chi connectivity index (χ1n) is 16.5. The van der Waals surface area contributed by atoms with Crippen LogP contribution < -0.4 is 0 Å². The van der Waals surface area contributed by atoms with Gasteiger partial charge in [0.1, 0.15) is 0 Å². The van der Waals surface area contributed by atoms with Crippen molar-refractivity contribution in [2.75, 3.05) is 0 Å². The van der Waals surface area contributed by atoms with Crippen molar-refractivity contribution in [3.63, 3.8) is 0 Å². The van der Waals surface area contributed by atoms with Crippen LogP contribution in [-0.4, -0.2) is 56.8 Å². The molecule has 0 aromatic heterocycles. The molecule has 9 heteroatoms. The van der Waals surface area contributed by atoms with E-state index in [9.17, 15) is 14.4 Å². The maximum Gasteiger partial charge on any atom is 0.237 e. The Morgan fingerprint density at radius 2 is 0.451 bits per heavy atom. The quantitative estimate of drug-likeness (QED) is 0.113. The fourth-order valence-electron chi connectivity index (χ4n) is 4.90. The predicted molar refractivity (Wildman–Crippen MR) is 214 cm³/mol. The van der Waals surface area contributed by atoms with Crippen LogP contribution in [-0.2, 0) is 21.7 Å². The summed E-state index contributed by atoms with van der Waals surface area (Å²) < 4.78 is 0. The summed E-state index contributed by atoms with van der Waals surface area (Å²) in [5, 5.41) is 0. The van der Waals surface area contributed by atoms with Crippen LogP contribution in [0.4, 0.5) is 0 Å². The normalized spacial score (nSPS) is 10.5. The molecule has 258 valence electrons. The summed E-state index contributed by atoms with van der Waals surface area (Å²) >= 11 is 0. The molecule has 0 aliphatic heterocycles. The van der Waals surface area contributed by atoms with E-state index in [1.165, 1.54) is 33.4 Å². The molecule has 4 N–H and O–H groups in total. The minimum atomic E-state index is -1.61. The molecule has 0 amide bonds. The zero-order chi connectivity index (χ0) is 36.0.